The van der Waals surface area contributed by atoms with E-state index in [2.05, 4.69) is 63.7 Å². The Morgan fingerprint density at radius 2 is 1.11 bits per heavy atom. The molecule has 0 bridgehead atoms. The molecular formula is C20H8Br4Na2O10S2. The number of ether oxygens (including phenoxy) is 1. The molecule has 1 aliphatic heterocycles. The minimum atomic E-state index is -5.22. The smallest absolute Gasteiger partial charge is 0.744 e. The summed E-state index contributed by atoms with van der Waals surface area (Å²) in [7, 11) is -10.4. The number of carbonyl (C=O) groups is 1. The molecule has 0 atom stereocenters. The van der Waals surface area contributed by atoms with Crippen molar-refractivity contribution in [2.45, 2.75) is 15.4 Å². The molecule has 0 fully saturated rings. The normalized spacial score (nSPS) is 14.2. The van der Waals surface area contributed by atoms with E-state index in [0.717, 1.165) is 36.4 Å². The van der Waals surface area contributed by atoms with Crippen LogP contribution in [0.2, 0.25) is 0 Å². The second kappa shape index (κ2) is 12.0. The van der Waals surface area contributed by atoms with Gasteiger partial charge in [-0.2, -0.15) is 0 Å². The Morgan fingerprint density at radius 3 is 1.50 bits per heavy atom. The van der Waals surface area contributed by atoms with Crippen molar-refractivity contribution in [3.8, 4) is 11.5 Å². The van der Waals surface area contributed by atoms with Gasteiger partial charge in [0.05, 0.1) is 15.4 Å². The summed E-state index contributed by atoms with van der Waals surface area (Å²) in [5.74, 6) is -2.69. The molecule has 10 nitrogen and oxygen atoms in total. The zero-order valence-corrected chi connectivity index (χ0v) is 30.9. The Bertz CT molecular complexity index is 1630. The first-order chi connectivity index (χ1) is 16.5. The van der Waals surface area contributed by atoms with Crippen molar-refractivity contribution in [3.05, 3.63) is 76.5 Å². The van der Waals surface area contributed by atoms with Gasteiger partial charge in [-0.1, -0.05) is 12.1 Å². The van der Waals surface area contributed by atoms with Crippen molar-refractivity contribution < 1.29 is 105 Å². The quantitative estimate of drug-likeness (QED) is 0.103. The number of rotatable bonds is 4. The minimum Gasteiger partial charge on any atom is -0.744 e. The van der Waals surface area contributed by atoms with Gasteiger partial charge >= 0.3 is 65.1 Å². The number of aromatic hydroxyl groups is 2. The predicted molar refractivity (Wildman–Crippen MR) is 135 cm³/mol. The number of halogens is 4. The summed E-state index contributed by atoms with van der Waals surface area (Å²) < 4.78 is 77.8. The van der Waals surface area contributed by atoms with Crippen LogP contribution < -0.4 is 59.1 Å². The molecule has 0 aliphatic carbocycles. The van der Waals surface area contributed by atoms with Crippen molar-refractivity contribution >= 4 is 89.9 Å². The summed E-state index contributed by atoms with van der Waals surface area (Å²) in [4.78, 5) is 11.1. The number of phenols is 2. The maximum atomic E-state index is 13.2. The first-order valence-corrected chi connectivity index (χ1v) is 15.2. The van der Waals surface area contributed by atoms with Gasteiger partial charge in [0.25, 0.3) is 0 Å². The van der Waals surface area contributed by atoms with Crippen molar-refractivity contribution in [3.63, 3.8) is 0 Å². The molecule has 3 aromatic carbocycles. The summed E-state index contributed by atoms with van der Waals surface area (Å²) in [6.07, 6.45) is 0. The number of cyclic esters (lactones) is 1. The van der Waals surface area contributed by atoms with Crippen LogP contribution in [0.25, 0.3) is 0 Å². The third-order valence-corrected chi connectivity index (χ3v) is 11.8. The van der Waals surface area contributed by atoms with E-state index >= 15 is 0 Å². The largest absolute Gasteiger partial charge is 1.00 e. The van der Waals surface area contributed by atoms with Gasteiger partial charge in [0, 0.05) is 34.6 Å². The molecular weight excluding hydrogens is 830 g/mol. The second-order valence-electron chi connectivity index (χ2n) is 7.35. The summed E-state index contributed by atoms with van der Waals surface area (Å²) in [6, 6.07) is 5.62. The number of benzene rings is 3. The standard InChI is InChI=1S/C20H10Br4O10S2.2Na/c21-15-13-14(16(22)18(24)17(15)23)20(34-19(13)27,7-1-3-9(25)11(5-7)35(28,29)30)8-2-4-10(26)12(6-8)36(31,32)33;;/h1-6,25-26H,(H,28,29,30)(H,31,32,33);;/q;2*+1/p-2. The molecule has 38 heavy (non-hydrogen) atoms. The molecule has 18 heteroatoms. The summed E-state index contributed by atoms with van der Waals surface area (Å²) in [5.41, 5.74) is -2.56. The van der Waals surface area contributed by atoms with E-state index in [0.29, 0.717) is 8.95 Å². The Kier molecular flexibility index (Phi) is 10.9. The maximum Gasteiger partial charge on any atom is 1.00 e. The first kappa shape index (κ1) is 34.7. The molecule has 0 radical (unpaired) electrons. The van der Waals surface area contributed by atoms with Gasteiger partial charge in [0.1, 0.15) is 31.7 Å². The number of fused-ring (bicyclic) bond motifs is 1. The van der Waals surface area contributed by atoms with Crippen molar-refractivity contribution in [2.24, 2.45) is 0 Å². The summed E-state index contributed by atoms with van der Waals surface area (Å²) in [5, 5.41) is 20.0. The van der Waals surface area contributed by atoms with Gasteiger partial charge in [-0.3, -0.25) is 0 Å². The number of carbonyl (C=O) groups excluding carboxylic acids is 1. The van der Waals surface area contributed by atoms with Crippen molar-refractivity contribution in [1.29, 1.82) is 0 Å². The number of esters is 1. The molecule has 0 aromatic heterocycles. The molecule has 190 valence electrons. The van der Waals surface area contributed by atoms with Crippen LogP contribution in [0.4, 0.5) is 0 Å². The van der Waals surface area contributed by atoms with E-state index < -0.39 is 53.1 Å². The van der Waals surface area contributed by atoms with E-state index in [4.69, 9.17) is 4.74 Å². The van der Waals surface area contributed by atoms with Crippen molar-refractivity contribution in [2.75, 3.05) is 0 Å². The predicted octanol–water partition coefficient (Wildman–Crippen LogP) is -1.57. The van der Waals surface area contributed by atoms with Crippen LogP contribution in [-0.2, 0) is 30.6 Å². The van der Waals surface area contributed by atoms with Gasteiger partial charge in [0.2, 0.25) is 0 Å². The third kappa shape index (κ3) is 5.73. The number of hydrogen-bond acceptors (Lipinski definition) is 10. The number of phenolic OH excluding ortho intramolecular Hbond substituents is 2. The Hall–Kier alpha value is 0.470. The molecule has 3 aromatic rings. The number of hydrogen-bond donors (Lipinski definition) is 2. The zero-order chi connectivity index (χ0) is 27.0. The van der Waals surface area contributed by atoms with Gasteiger partial charge < -0.3 is 24.1 Å². The fraction of sp³-hybridized carbons (Fsp3) is 0.0500. The average Bonchev–Trinajstić information content (AvgIpc) is 3.09. The fourth-order valence-corrected chi connectivity index (χ4v) is 7.59. The molecule has 0 unspecified atom stereocenters. The molecule has 1 aliphatic rings. The molecule has 0 spiro atoms. The van der Waals surface area contributed by atoms with Crippen molar-refractivity contribution in [1.82, 2.24) is 0 Å². The molecule has 4 rings (SSSR count). The fourth-order valence-electron chi connectivity index (χ4n) is 3.83. The monoisotopic (exact) mass is 834 g/mol. The van der Waals surface area contributed by atoms with E-state index in [1.807, 2.05) is 0 Å². The van der Waals surface area contributed by atoms with E-state index in [9.17, 15) is 40.9 Å². The van der Waals surface area contributed by atoms with Crippen LogP contribution in [0.5, 0.6) is 11.5 Å². The molecule has 0 saturated carbocycles. The van der Waals surface area contributed by atoms with Gasteiger partial charge in [-0.15, -0.1) is 0 Å². The summed E-state index contributed by atoms with van der Waals surface area (Å²) in [6.45, 7) is 0. The zero-order valence-electron chi connectivity index (χ0n) is 19.0. The topological polar surface area (TPSA) is 181 Å². The van der Waals surface area contributed by atoms with Gasteiger partial charge in [-0.25, -0.2) is 21.6 Å². The molecule has 0 saturated heterocycles. The SMILES string of the molecule is O=C1OC(c2ccc(O)c(S(=O)(=O)[O-])c2)(c2ccc(O)c(S(=O)(=O)[O-])c2)c2c(Br)c(Br)c(Br)c(Br)c21.[Na+].[Na+]. The Balaban J connectivity index is 0.00000253. The van der Waals surface area contributed by atoms with Crippen LogP contribution in [-0.4, -0.2) is 42.1 Å². The minimum absolute atomic E-state index is 0. The van der Waals surface area contributed by atoms with Crippen LogP contribution in [0.3, 0.4) is 0 Å². The van der Waals surface area contributed by atoms with Gasteiger partial charge in [0.15, 0.2) is 5.60 Å². The van der Waals surface area contributed by atoms with Crippen LogP contribution in [0.15, 0.2) is 64.1 Å². The van der Waals surface area contributed by atoms with Crippen LogP contribution >= 0.6 is 63.7 Å². The molecule has 0 amide bonds. The van der Waals surface area contributed by atoms with Crippen LogP contribution in [0, 0.1) is 0 Å². The average molecular weight is 838 g/mol. The van der Waals surface area contributed by atoms with E-state index in [-0.39, 0.29) is 90.3 Å². The first-order valence-electron chi connectivity index (χ1n) is 9.20. The van der Waals surface area contributed by atoms with E-state index in [1.165, 1.54) is 0 Å². The van der Waals surface area contributed by atoms with Gasteiger partial charge in [-0.05, 0) is 88.0 Å². The Morgan fingerprint density at radius 1 is 0.711 bits per heavy atom. The molecule has 1 heterocycles. The van der Waals surface area contributed by atoms with E-state index in [1.54, 1.807) is 0 Å². The van der Waals surface area contributed by atoms with Crippen LogP contribution in [0.1, 0.15) is 27.0 Å². The second-order valence-corrected chi connectivity index (χ2v) is 13.2. The third-order valence-electron chi connectivity index (χ3n) is 5.34. The molecule has 2 N–H and O–H groups in total. The Labute approximate surface area is 294 Å². The maximum absolute atomic E-state index is 13.2. The summed E-state index contributed by atoms with van der Waals surface area (Å²) >= 11 is 13.3.